The van der Waals surface area contributed by atoms with Crippen molar-refractivity contribution in [2.24, 2.45) is 5.92 Å². The number of nitrogen functional groups attached to an aromatic ring is 1. The number of aromatic nitrogens is 1. The summed E-state index contributed by atoms with van der Waals surface area (Å²) >= 11 is 1.55. The average Bonchev–Trinajstić information content (AvgIpc) is 2.17. The number of rotatable bonds is 4. The predicted molar refractivity (Wildman–Crippen MR) is 64.8 cm³/mol. The monoisotopic (exact) mass is 226 g/mol. The molecule has 0 aliphatic carbocycles. The Morgan fingerprint density at radius 3 is 2.67 bits per heavy atom. The van der Waals surface area contributed by atoms with Crippen LogP contribution < -0.4 is 5.73 Å². The van der Waals surface area contributed by atoms with Crippen LogP contribution in [0, 0.1) is 5.92 Å². The van der Waals surface area contributed by atoms with Gasteiger partial charge in [0.1, 0.15) is 0 Å². The second-order valence-corrected chi connectivity index (χ2v) is 5.23. The molecule has 0 aliphatic heterocycles. The van der Waals surface area contributed by atoms with E-state index in [0.29, 0.717) is 11.4 Å². The second kappa shape index (κ2) is 4.86. The molecule has 15 heavy (non-hydrogen) atoms. The van der Waals surface area contributed by atoms with Crippen LogP contribution in [-0.4, -0.2) is 21.4 Å². The third-order valence-electron chi connectivity index (χ3n) is 2.52. The van der Waals surface area contributed by atoms with Crippen molar-refractivity contribution >= 4 is 17.4 Å². The van der Waals surface area contributed by atoms with E-state index in [1.165, 1.54) is 0 Å². The second-order valence-electron chi connectivity index (χ2n) is 4.23. The summed E-state index contributed by atoms with van der Waals surface area (Å²) < 4.78 is 0. The molecule has 0 saturated carbocycles. The van der Waals surface area contributed by atoms with Crippen LogP contribution in [0.5, 0.6) is 0 Å². The first-order valence-corrected chi connectivity index (χ1v) is 5.97. The molecule has 84 valence electrons. The lowest BCUT2D eigenvalue weighted by Crippen LogP contribution is -2.33. The van der Waals surface area contributed by atoms with Crippen LogP contribution in [0.25, 0.3) is 0 Å². The van der Waals surface area contributed by atoms with Gasteiger partial charge >= 0.3 is 0 Å². The van der Waals surface area contributed by atoms with Crippen molar-refractivity contribution in [3.05, 3.63) is 18.3 Å². The fraction of sp³-hybridized carbons (Fsp3) is 0.545. The minimum absolute atomic E-state index is 0.235. The van der Waals surface area contributed by atoms with Gasteiger partial charge in [-0.05, 0) is 25.0 Å². The van der Waals surface area contributed by atoms with Gasteiger partial charge in [0, 0.05) is 5.75 Å². The number of anilines is 1. The van der Waals surface area contributed by atoms with Crippen molar-refractivity contribution in [3.63, 3.8) is 0 Å². The molecule has 1 aromatic heterocycles. The largest absolute Gasteiger partial charge is 0.397 e. The zero-order valence-corrected chi connectivity index (χ0v) is 10.2. The Morgan fingerprint density at radius 2 is 2.20 bits per heavy atom. The highest BCUT2D eigenvalue weighted by molar-refractivity contribution is 7.99. The van der Waals surface area contributed by atoms with Crippen molar-refractivity contribution in [2.75, 3.05) is 11.5 Å². The molecule has 1 heterocycles. The van der Waals surface area contributed by atoms with Gasteiger partial charge in [-0.25, -0.2) is 4.98 Å². The maximum absolute atomic E-state index is 10.0. The Bertz CT molecular complexity index is 309. The molecule has 1 aromatic rings. The molecule has 0 radical (unpaired) electrons. The van der Waals surface area contributed by atoms with Gasteiger partial charge in [0.2, 0.25) is 0 Å². The molecule has 0 aliphatic rings. The van der Waals surface area contributed by atoms with Gasteiger partial charge in [-0.3, -0.25) is 0 Å². The van der Waals surface area contributed by atoms with E-state index in [1.807, 2.05) is 32.9 Å². The molecule has 0 saturated heterocycles. The van der Waals surface area contributed by atoms with E-state index < -0.39 is 5.60 Å². The van der Waals surface area contributed by atoms with E-state index in [-0.39, 0.29) is 5.92 Å². The van der Waals surface area contributed by atoms with Gasteiger partial charge in [0.25, 0.3) is 0 Å². The van der Waals surface area contributed by atoms with E-state index in [0.717, 1.165) is 5.03 Å². The molecule has 0 bridgehead atoms. The molecular weight excluding hydrogens is 208 g/mol. The molecule has 3 nitrogen and oxygen atoms in total. The number of nitrogens with two attached hydrogens (primary N) is 1. The van der Waals surface area contributed by atoms with E-state index in [9.17, 15) is 5.11 Å². The summed E-state index contributed by atoms with van der Waals surface area (Å²) in [7, 11) is 0. The zero-order chi connectivity index (χ0) is 11.5. The summed E-state index contributed by atoms with van der Waals surface area (Å²) in [6, 6.07) is 3.69. The highest BCUT2D eigenvalue weighted by Gasteiger charge is 2.24. The summed E-state index contributed by atoms with van der Waals surface area (Å²) in [4.78, 5) is 4.17. The molecule has 3 N–H and O–H groups in total. The Balaban J connectivity index is 2.54. The summed E-state index contributed by atoms with van der Waals surface area (Å²) in [5, 5.41) is 10.9. The lowest BCUT2D eigenvalue weighted by atomic mass is 9.95. The van der Waals surface area contributed by atoms with Crippen LogP contribution in [0.1, 0.15) is 20.8 Å². The van der Waals surface area contributed by atoms with Gasteiger partial charge < -0.3 is 10.8 Å². The van der Waals surface area contributed by atoms with Gasteiger partial charge in [0.15, 0.2) is 0 Å². The first-order chi connectivity index (χ1) is 6.92. The van der Waals surface area contributed by atoms with Gasteiger partial charge in [-0.2, -0.15) is 0 Å². The quantitative estimate of drug-likeness (QED) is 0.772. The number of nitrogens with zero attached hydrogens (tertiary/aromatic N) is 1. The van der Waals surface area contributed by atoms with Crippen LogP contribution in [-0.2, 0) is 0 Å². The first kappa shape index (κ1) is 12.3. The SMILES string of the molecule is CC(C)C(C)(O)CSc1ccc(N)cn1. The Hall–Kier alpha value is -0.740. The van der Waals surface area contributed by atoms with Crippen molar-refractivity contribution in [1.29, 1.82) is 0 Å². The van der Waals surface area contributed by atoms with Gasteiger partial charge in [-0.1, -0.05) is 13.8 Å². The lowest BCUT2D eigenvalue weighted by molar-refractivity contribution is 0.0376. The van der Waals surface area contributed by atoms with Crippen molar-refractivity contribution in [2.45, 2.75) is 31.4 Å². The number of thioether (sulfide) groups is 1. The molecular formula is C11H18N2OS. The molecule has 1 atom stereocenters. The normalized spacial score (nSPS) is 15.3. The topological polar surface area (TPSA) is 59.1 Å². The maximum Gasteiger partial charge on any atom is 0.0962 e. The lowest BCUT2D eigenvalue weighted by Gasteiger charge is -2.26. The molecule has 4 heteroatoms. The highest BCUT2D eigenvalue weighted by Crippen LogP contribution is 2.25. The van der Waals surface area contributed by atoms with Crippen LogP contribution in [0.3, 0.4) is 0 Å². The first-order valence-electron chi connectivity index (χ1n) is 4.98. The molecule has 0 fully saturated rings. The number of aliphatic hydroxyl groups is 1. The third kappa shape index (κ3) is 3.72. The standard InChI is InChI=1S/C11H18N2OS/c1-8(2)11(3,14)7-15-10-5-4-9(12)6-13-10/h4-6,8,14H,7,12H2,1-3H3. The van der Waals surface area contributed by atoms with Crippen LogP contribution in [0.4, 0.5) is 5.69 Å². The predicted octanol–water partition coefficient (Wildman–Crippen LogP) is 2.16. The summed E-state index contributed by atoms with van der Waals surface area (Å²) in [5.41, 5.74) is 5.54. The number of pyridine rings is 1. The maximum atomic E-state index is 10.0. The zero-order valence-electron chi connectivity index (χ0n) is 9.40. The van der Waals surface area contributed by atoms with Crippen LogP contribution in [0.15, 0.2) is 23.4 Å². The third-order valence-corrected chi connectivity index (χ3v) is 3.78. The summed E-state index contributed by atoms with van der Waals surface area (Å²) in [6.45, 7) is 5.87. The Morgan fingerprint density at radius 1 is 1.53 bits per heavy atom. The van der Waals surface area contributed by atoms with E-state index in [1.54, 1.807) is 18.0 Å². The van der Waals surface area contributed by atoms with Crippen molar-refractivity contribution in [1.82, 2.24) is 4.98 Å². The summed E-state index contributed by atoms with van der Waals surface area (Å²) in [5.74, 6) is 0.875. The average molecular weight is 226 g/mol. The Labute approximate surface area is 95.1 Å². The summed E-state index contributed by atoms with van der Waals surface area (Å²) in [6.07, 6.45) is 1.63. The minimum Gasteiger partial charge on any atom is -0.397 e. The molecule has 0 aromatic carbocycles. The fourth-order valence-corrected chi connectivity index (χ4v) is 1.93. The molecule has 0 spiro atoms. The van der Waals surface area contributed by atoms with Crippen LogP contribution >= 0.6 is 11.8 Å². The molecule has 0 amide bonds. The smallest absolute Gasteiger partial charge is 0.0962 e. The number of hydrogen-bond donors (Lipinski definition) is 2. The van der Waals surface area contributed by atoms with E-state index >= 15 is 0 Å². The molecule has 1 rings (SSSR count). The number of hydrogen-bond acceptors (Lipinski definition) is 4. The van der Waals surface area contributed by atoms with Crippen LogP contribution in [0.2, 0.25) is 0 Å². The van der Waals surface area contributed by atoms with E-state index in [2.05, 4.69) is 4.98 Å². The van der Waals surface area contributed by atoms with Gasteiger partial charge in [-0.15, -0.1) is 11.8 Å². The van der Waals surface area contributed by atoms with E-state index in [4.69, 9.17) is 5.73 Å². The Kier molecular flexibility index (Phi) is 3.99. The van der Waals surface area contributed by atoms with Gasteiger partial charge in [0.05, 0.1) is 22.5 Å². The highest BCUT2D eigenvalue weighted by atomic mass is 32.2. The van der Waals surface area contributed by atoms with Crippen molar-refractivity contribution < 1.29 is 5.11 Å². The molecule has 1 unspecified atom stereocenters. The minimum atomic E-state index is -0.659. The van der Waals surface area contributed by atoms with Crippen molar-refractivity contribution in [3.8, 4) is 0 Å². The fourth-order valence-electron chi connectivity index (χ4n) is 0.864.